The largest absolute Gasteiger partial charge is 0.232 e. The topological polar surface area (TPSA) is 25.8 Å². The number of benzene rings is 1. The predicted octanol–water partition coefficient (Wildman–Crippen LogP) is 4.85. The molecule has 18 heavy (non-hydrogen) atoms. The molecule has 2 nitrogen and oxygen atoms in total. The minimum atomic E-state index is 0.496. The highest BCUT2D eigenvalue weighted by molar-refractivity contribution is 7.98. The summed E-state index contributed by atoms with van der Waals surface area (Å²) in [5.74, 6) is 2.22. The van der Waals surface area contributed by atoms with Crippen LogP contribution in [0.1, 0.15) is 11.3 Å². The first-order chi connectivity index (χ1) is 8.66. The molecule has 0 atom stereocenters. The van der Waals surface area contributed by atoms with Crippen molar-refractivity contribution in [3.05, 3.63) is 44.7 Å². The summed E-state index contributed by atoms with van der Waals surface area (Å²) in [6.07, 6.45) is 0. The summed E-state index contributed by atoms with van der Waals surface area (Å²) >= 11 is 20.3. The Morgan fingerprint density at radius 3 is 2.44 bits per heavy atom. The van der Waals surface area contributed by atoms with Crippen LogP contribution in [0.25, 0.3) is 11.4 Å². The van der Waals surface area contributed by atoms with E-state index in [1.165, 1.54) is 0 Å². The van der Waals surface area contributed by atoms with Gasteiger partial charge in [0.15, 0.2) is 5.82 Å². The number of fused-ring (bicyclic) bond motifs is 1. The Morgan fingerprint density at radius 2 is 1.72 bits per heavy atom. The molecule has 0 bridgehead atoms. The number of aromatic nitrogens is 2. The SMILES string of the molecule is Clc1cccc(Cl)c1-c1nc(Cl)c2c(n1)CSC2. The zero-order valence-corrected chi connectivity index (χ0v) is 12.2. The Morgan fingerprint density at radius 1 is 1.00 bits per heavy atom. The van der Waals surface area contributed by atoms with E-state index >= 15 is 0 Å². The molecule has 0 radical (unpaired) electrons. The summed E-state index contributed by atoms with van der Waals surface area (Å²) in [6, 6.07) is 5.32. The van der Waals surface area contributed by atoms with Gasteiger partial charge in [-0.25, -0.2) is 9.97 Å². The molecule has 6 heteroatoms. The first-order valence-corrected chi connectivity index (χ1v) is 7.53. The van der Waals surface area contributed by atoms with Crippen molar-refractivity contribution in [2.24, 2.45) is 0 Å². The highest BCUT2D eigenvalue weighted by Crippen LogP contribution is 2.37. The van der Waals surface area contributed by atoms with Gasteiger partial charge in [-0.05, 0) is 12.1 Å². The number of halogens is 3. The lowest BCUT2D eigenvalue weighted by Crippen LogP contribution is -1.98. The quantitative estimate of drug-likeness (QED) is 0.703. The van der Waals surface area contributed by atoms with Gasteiger partial charge in [0.1, 0.15) is 5.15 Å². The zero-order chi connectivity index (χ0) is 12.7. The minimum Gasteiger partial charge on any atom is -0.232 e. The molecule has 0 spiro atoms. The van der Waals surface area contributed by atoms with Gasteiger partial charge < -0.3 is 0 Å². The average molecular weight is 318 g/mol. The maximum atomic E-state index is 6.18. The van der Waals surface area contributed by atoms with E-state index in [-0.39, 0.29) is 0 Å². The fourth-order valence-corrected chi connectivity index (χ4v) is 3.78. The van der Waals surface area contributed by atoms with Gasteiger partial charge in [-0.2, -0.15) is 11.8 Å². The lowest BCUT2D eigenvalue weighted by molar-refractivity contribution is 1.07. The number of hydrogen-bond acceptors (Lipinski definition) is 3. The van der Waals surface area contributed by atoms with E-state index in [0.717, 1.165) is 22.8 Å². The van der Waals surface area contributed by atoms with Crippen molar-refractivity contribution in [3.63, 3.8) is 0 Å². The van der Waals surface area contributed by atoms with Gasteiger partial charge in [0.2, 0.25) is 0 Å². The molecular weight excluding hydrogens is 311 g/mol. The van der Waals surface area contributed by atoms with E-state index in [2.05, 4.69) is 9.97 Å². The molecule has 92 valence electrons. The molecule has 0 amide bonds. The monoisotopic (exact) mass is 316 g/mol. The second-order valence-electron chi connectivity index (χ2n) is 3.85. The maximum absolute atomic E-state index is 6.18. The van der Waals surface area contributed by atoms with Crippen molar-refractivity contribution in [1.29, 1.82) is 0 Å². The van der Waals surface area contributed by atoms with E-state index in [4.69, 9.17) is 34.8 Å². The number of thioether (sulfide) groups is 1. The standard InChI is InChI=1S/C12H7Cl3N2S/c13-7-2-1-3-8(14)10(7)12-16-9-5-18-4-6(9)11(15)17-12/h1-3H,4-5H2. The summed E-state index contributed by atoms with van der Waals surface area (Å²) in [5, 5.41) is 1.56. The van der Waals surface area contributed by atoms with E-state index in [1.807, 2.05) is 0 Å². The molecule has 2 heterocycles. The van der Waals surface area contributed by atoms with Crippen LogP contribution in [0.3, 0.4) is 0 Å². The van der Waals surface area contributed by atoms with Crippen LogP contribution in [0.5, 0.6) is 0 Å². The molecule has 1 aliphatic rings. The number of rotatable bonds is 1. The van der Waals surface area contributed by atoms with Crippen molar-refractivity contribution in [3.8, 4) is 11.4 Å². The average Bonchev–Trinajstić information content (AvgIpc) is 2.77. The fraction of sp³-hybridized carbons (Fsp3) is 0.167. The molecule has 0 unspecified atom stereocenters. The van der Waals surface area contributed by atoms with Crippen LogP contribution < -0.4 is 0 Å². The van der Waals surface area contributed by atoms with Crippen molar-refractivity contribution in [2.45, 2.75) is 11.5 Å². The Kier molecular flexibility index (Phi) is 3.41. The third-order valence-electron chi connectivity index (χ3n) is 2.71. The van der Waals surface area contributed by atoms with Crippen LogP contribution in [-0.2, 0) is 11.5 Å². The molecule has 1 aromatic heterocycles. The molecule has 3 rings (SSSR count). The highest BCUT2D eigenvalue weighted by Gasteiger charge is 2.21. The van der Waals surface area contributed by atoms with E-state index in [1.54, 1.807) is 30.0 Å². The molecule has 1 aromatic carbocycles. The van der Waals surface area contributed by atoms with Crippen LogP contribution in [0.2, 0.25) is 15.2 Å². The Balaban J connectivity index is 2.21. The van der Waals surface area contributed by atoms with Gasteiger partial charge in [0, 0.05) is 17.1 Å². The van der Waals surface area contributed by atoms with Crippen molar-refractivity contribution in [1.82, 2.24) is 9.97 Å². The van der Waals surface area contributed by atoms with E-state index < -0.39 is 0 Å². The summed E-state index contributed by atoms with van der Waals surface area (Å²) in [7, 11) is 0. The molecule has 0 saturated carbocycles. The molecule has 0 saturated heterocycles. The predicted molar refractivity (Wildman–Crippen MR) is 77.5 cm³/mol. The molecule has 0 aliphatic carbocycles. The second kappa shape index (κ2) is 4.89. The summed E-state index contributed by atoms with van der Waals surface area (Å²) in [4.78, 5) is 8.83. The summed E-state index contributed by atoms with van der Waals surface area (Å²) < 4.78 is 0. The van der Waals surface area contributed by atoms with Crippen LogP contribution in [0.4, 0.5) is 0 Å². The molecule has 0 N–H and O–H groups in total. The number of hydrogen-bond donors (Lipinski definition) is 0. The lowest BCUT2D eigenvalue weighted by atomic mass is 10.2. The first-order valence-electron chi connectivity index (χ1n) is 5.24. The molecule has 1 aliphatic heterocycles. The lowest BCUT2D eigenvalue weighted by Gasteiger charge is -2.08. The first kappa shape index (κ1) is 12.5. The summed E-state index contributed by atoms with van der Waals surface area (Å²) in [5.41, 5.74) is 2.64. The van der Waals surface area contributed by atoms with Crippen LogP contribution in [0.15, 0.2) is 18.2 Å². The fourth-order valence-electron chi connectivity index (χ4n) is 1.84. The van der Waals surface area contributed by atoms with Gasteiger partial charge in [-0.1, -0.05) is 40.9 Å². The molecule has 2 aromatic rings. The van der Waals surface area contributed by atoms with Gasteiger partial charge in [-0.3, -0.25) is 0 Å². The van der Waals surface area contributed by atoms with Gasteiger partial charge in [0.05, 0.1) is 21.3 Å². The van der Waals surface area contributed by atoms with Crippen LogP contribution in [0, 0.1) is 0 Å². The number of nitrogens with zero attached hydrogens (tertiary/aromatic N) is 2. The van der Waals surface area contributed by atoms with Gasteiger partial charge in [0.25, 0.3) is 0 Å². The summed E-state index contributed by atoms with van der Waals surface area (Å²) in [6.45, 7) is 0. The highest BCUT2D eigenvalue weighted by atomic mass is 35.5. The van der Waals surface area contributed by atoms with Crippen molar-refractivity contribution in [2.75, 3.05) is 0 Å². The van der Waals surface area contributed by atoms with E-state index in [0.29, 0.717) is 26.6 Å². The Bertz CT molecular complexity index is 611. The second-order valence-corrected chi connectivity index (χ2v) is 6.01. The van der Waals surface area contributed by atoms with Gasteiger partial charge in [-0.15, -0.1) is 0 Å². The van der Waals surface area contributed by atoms with Crippen molar-refractivity contribution < 1.29 is 0 Å². The third-order valence-corrected chi connectivity index (χ3v) is 4.63. The zero-order valence-electron chi connectivity index (χ0n) is 9.08. The van der Waals surface area contributed by atoms with Crippen LogP contribution >= 0.6 is 46.6 Å². The van der Waals surface area contributed by atoms with Crippen LogP contribution in [-0.4, -0.2) is 9.97 Å². The third kappa shape index (κ3) is 2.10. The Labute approximate surface area is 124 Å². The Hall–Kier alpha value is -0.480. The smallest absolute Gasteiger partial charge is 0.164 e. The minimum absolute atomic E-state index is 0.496. The molecule has 0 fully saturated rings. The van der Waals surface area contributed by atoms with Crippen molar-refractivity contribution >= 4 is 46.6 Å². The van der Waals surface area contributed by atoms with E-state index in [9.17, 15) is 0 Å². The molecular formula is C12H7Cl3N2S. The van der Waals surface area contributed by atoms with Gasteiger partial charge >= 0.3 is 0 Å². The maximum Gasteiger partial charge on any atom is 0.164 e. The normalized spacial score (nSPS) is 13.7.